The van der Waals surface area contributed by atoms with Crippen LogP contribution in [-0.2, 0) is 20.5 Å². The van der Waals surface area contributed by atoms with E-state index in [2.05, 4.69) is 21.8 Å². The van der Waals surface area contributed by atoms with Crippen LogP contribution in [-0.4, -0.2) is 92.0 Å². The molecule has 0 aromatic heterocycles. The van der Waals surface area contributed by atoms with Gasteiger partial charge in [-0.15, -0.1) is 11.8 Å². The fourth-order valence-corrected chi connectivity index (χ4v) is 6.08. The van der Waals surface area contributed by atoms with Gasteiger partial charge in [0, 0.05) is 37.3 Å². The number of hydrogen-bond acceptors (Lipinski definition) is 7. The monoisotopic (exact) mass is 448 g/mol. The Kier molecular flexibility index (Phi) is 8.60. The quantitative estimate of drug-likeness (QED) is 0.553. The van der Waals surface area contributed by atoms with Crippen LogP contribution in [0.5, 0.6) is 0 Å². The van der Waals surface area contributed by atoms with Crippen LogP contribution < -0.4 is 4.72 Å². The van der Waals surface area contributed by atoms with Gasteiger partial charge in [-0.05, 0) is 33.6 Å². The fourth-order valence-electron chi connectivity index (χ4n) is 3.75. The molecule has 0 aromatic carbocycles. The van der Waals surface area contributed by atoms with Crippen LogP contribution >= 0.6 is 11.8 Å². The summed E-state index contributed by atoms with van der Waals surface area (Å²) >= 11 is 1.61. The minimum absolute atomic E-state index is 0.174. The Bertz CT molecular complexity index is 580. The van der Waals surface area contributed by atoms with Crippen LogP contribution in [0.4, 0.5) is 0 Å². The van der Waals surface area contributed by atoms with E-state index in [0.717, 1.165) is 39.3 Å². The topological polar surface area (TPSA) is 91.3 Å². The third-order valence-electron chi connectivity index (χ3n) is 5.57. The Morgan fingerprint density at radius 3 is 2.59 bits per heavy atom. The second-order valence-electron chi connectivity index (χ2n) is 9.06. The van der Waals surface area contributed by atoms with Gasteiger partial charge in [-0.2, -0.15) is 0 Å². The second-order valence-corrected chi connectivity index (χ2v) is 12.5. The summed E-state index contributed by atoms with van der Waals surface area (Å²) in [7, 11) is -1.23. The zero-order valence-corrected chi connectivity index (χ0v) is 19.3. The molecule has 168 valence electrons. The number of allylic oxidation sites excluding steroid dienone is 1. The largest absolute Gasteiger partial charge is 0.390 e. The van der Waals surface area contributed by atoms with E-state index < -0.39 is 28.6 Å². The Labute approximate surface area is 181 Å². The Morgan fingerprint density at radius 1 is 1.21 bits per heavy atom. The van der Waals surface area contributed by atoms with Crippen LogP contribution in [0, 0.1) is 0 Å². The van der Waals surface area contributed by atoms with E-state index in [9.17, 15) is 14.4 Å². The number of fused-ring (bicyclic) bond motifs is 2. The number of hydrogen-bond donors (Lipinski definition) is 3. The molecule has 0 amide bonds. The molecular weight excluding hydrogens is 412 g/mol. The fraction of sp³-hybridized carbons (Fsp3) is 0.900. The first kappa shape index (κ1) is 23.7. The molecule has 2 saturated heterocycles. The normalized spacial score (nSPS) is 39.6. The number of nitrogens with one attached hydrogen (secondary N) is 1. The zero-order chi connectivity index (χ0) is 21.0. The smallest absolute Gasteiger partial charge is 0.132 e. The number of aliphatic hydroxyl groups excluding tert-OH is 2. The molecule has 3 aliphatic rings. The van der Waals surface area contributed by atoms with Crippen molar-refractivity contribution in [2.75, 3.05) is 32.8 Å². The van der Waals surface area contributed by atoms with Gasteiger partial charge in [-0.3, -0.25) is 4.90 Å². The molecule has 2 bridgehead atoms. The summed E-state index contributed by atoms with van der Waals surface area (Å²) in [6.45, 7) is 10.1. The molecule has 0 saturated carbocycles. The second kappa shape index (κ2) is 10.5. The highest BCUT2D eigenvalue weighted by Gasteiger charge is 2.42. The zero-order valence-electron chi connectivity index (χ0n) is 17.7. The molecule has 0 aromatic rings. The Morgan fingerprint density at radius 2 is 1.90 bits per heavy atom. The van der Waals surface area contributed by atoms with Crippen LogP contribution in [0.15, 0.2) is 12.2 Å². The van der Waals surface area contributed by atoms with Gasteiger partial charge >= 0.3 is 0 Å². The van der Waals surface area contributed by atoms with Gasteiger partial charge in [-0.1, -0.05) is 12.2 Å². The highest BCUT2D eigenvalue weighted by atomic mass is 32.2. The van der Waals surface area contributed by atoms with E-state index in [4.69, 9.17) is 9.47 Å². The standard InChI is InChI=1S/C20H36N2O5S2/c1-20(2,3)29(25)21-15-7-5-4-6-14(13-22-8-10-26-11-9-22)28-19-18(24)16(23)12-17(15)27-19/h4-5,14-19,21,23-24H,6-13H2,1-3H3/b5-4-/t14-,15+,16?,17-,18+,19?,29+/m0/s1. The molecule has 7 atom stereocenters. The maximum Gasteiger partial charge on any atom is 0.132 e. The number of morpholine rings is 1. The molecule has 3 aliphatic heterocycles. The lowest BCUT2D eigenvalue weighted by atomic mass is 9.96. The maximum absolute atomic E-state index is 12.7. The van der Waals surface area contributed by atoms with E-state index in [1.54, 1.807) is 11.8 Å². The van der Waals surface area contributed by atoms with E-state index in [1.807, 2.05) is 20.8 Å². The SMILES string of the molecule is CC(C)(C)[S@@](=O)N[C@@H]1C/C=C\C[C@@H](CN2CCOCC2)SC2O[C@H]1CC(O)[C@H]2O. The average molecular weight is 449 g/mol. The van der Waals surface area contributed by atoms with Crippen LogP contribution in [0.3, 0.4) is 0 Å². The predicted octanol–water partition coefficient (Wildman–Crippen LogP) is 1.03. The lowest BCUT2D eigenvalue weighted by Crippen LogP contribution is -2.55. The van der Waals surface area contributed by atoms with Crippen LogP contribution in [0.25, 0.3) is 0 Å². The first-order valence-corrected chi connectivity index (χ1v) is 12.6. The summed E-state index contributed by atoms with van der Waals surface area (Å²) in [5.41, 5.74) is -0.492. The van der Waals surface area contributed by atoms with Crippen molar-refractivity contribution in [3.8, 4) is 0 Å². The van der Waals surface area contributed by atoms with Crippen molar-refractivity contribution in [1.29, 1.82) is 0 Å². The van der Waals surface area contributed by atoms with Gasteiger partial charge in [0.1, 0.15) is 11.5 Å². The van der Waals surface area contributed by atoms with Crippen molar-refractivity contribution in [2.24, 2.45) is 0 Å². The molecule has 0 spiro atoms. The molecule has 3 N–H and O–H groups in total. The molecule has 9 heteroatoms. The predicted molar refractivity (Wildman–Crippen MR) is 117 cm³/mol. The Hall–Kier alpha value is -0.0000000000000000971. The molecule has 0 aliphatic carbocycles. The highest BCUT2D eigenvalue weighted by Crippen LogP contribution is 2.35. The van der Waals surface area contributed by atoms with Gasteiger partial charge in [0.2, 0.25) is 0 Å². The minimum atomic E-state index is -1.23. The first-order chi connectivity index (χ1) is 13.7. The van der Waals surface area contributed by atoms with Crippen molar-refractivity contribution in [3.05, 3.63) is 12.2 Å². The summed E-state index contributed by atoms with van der Waals surface area (Å²) in [5.74, 6) is 0. The number of nitrogens with zero attached hydrogens (tertiary/aromatic N) is 1. The van der Waals surface area contributed by atoms with Crippen molar-refractivity contribution in [3.63, 3.8) is 0 Å². The lowest BCUT2D eigenvalue weighted by molar-refractivity contribution is -0.142. The number of thioether (sulfide) groups is 1. The molecule has 3 heterocycles. The van der Waals surface area contributed by atoms with E-state index >= 15 is 0 Å². The third kappa shape index (κ3) is 6.74. The van der Waals surface area contributed by atoms with E-state index in [0.29, 0.717) is 12.8 Å². The van der Waals surface area contributed by atoms with Gasteiger partial charge < -0.3 is 19.7 Å². The molecule has 0 radical (unpaired) electrons. The van der Waals surface area contributed by atoms with Crippen LogP contribution in [0.2, 0.25) is 0 Å². The van der Waals surface area contributed by atoms with Gasteiger partial charge in [0.15, 0.2) is 0 Å². The summed E-state index contributed by atoms with van der Waals surface area (Å²) in [6, 6.07) is -0.174. The van der Waals surface area contributed by atoms with Crippen molar-refractivity contribution < 1.29 is 23.9 Å². The van der Waals surface area contributed by atoms with Crippen molar-refractivity contribution in [1.82, 2.24) is 9.62 Å². The minimum Gasteiger partial charge on any atom is -0.390 e. The maximum atomic E-state index is 12.7. The van der Waals surface area contributed by atoms with E-state index in [1.165, 1.54) is 0 Å². The molecule has 7 nitrogen and oxygen atoms in total. The molecule has 2 fully saturated rings. The van der Waals surface area contributed by atoms with Crippen LogP contribution in [0.1, 0.15) is 40.0 Å². The average Bonchev–Trinajstić information content (AvgIpc) is 2.67. The lowest BCUT2D eigenvalue weighted by Gasteiger charge is -2.42. The summed E-state index contributed by atoms with van der Waals surface area (Å²) in [6.07, 6.45) is 4.14. The third-order valence-corrected chi connectivity index (χ3v) is 8.58. The Balaban J connectivity index is 1.72. The number of rotatable bonds is 4. The molecule has 3 rings (SSSR count). The van der Waals surface area contributed by atoms with Gasteiger partial charge in [0.25, 0.3) is 0 Å². The molecule has 29 heavy (non-hydrogen) atoms. The molecular formula is C20H36N2O5S2. The summed E-state index contributed by atoms with van der Waals surface area (Å²) in [4.78, 5) is 2.39. The molecule has 2 unspecified atom stereocenters. The van der Waals surface area contributed by atoms with Gasteiger partial charge in [-0.25, -0.2) is 8.93 Å². The highest BCUT2D eigenvalue weighted by molar-refractivity contribution is 8.00. The summed E-state index contributed by atoms with van der Waals surface area (Å²) < 4.78 is 27.2. The van der Waals surface area contributed by atoms with Gasteiger partial charge in [0.05, 0.1) is 41.2 Å². The van der Waals surface area contributed by atoms with E-state index in [-0.39, 0.29) is 22.1 Å². The number of aliphatic hydroxyl groups is 2. The summed E-state index contributed by atoms with van der Waals surface area (Å²) in [5, 5.41) is 21.3. The first-order valence-electron chi connectivity index (χ1n) is 10.5. The van der Waals surface area contributed by atoms with Crippen molar-refractivity contribution in [2.45, 2.75) is 79.8 Å². The number of ether oxygens (including phenoxy) is 2. The van der Waals surface area contributed by atoms with Crippen molar-refractivity contribution >= 4 is 22.7 Å².